The van der Waals surface area contributed by atoms with E-state index < -0.39 is 0 Å². The van der Waals surface area contributed by atoms with Gasteiger partial charge >= 0.3 is 0 Å². The Balaban J connectivity index is 2.19. The minimum Gasteiger partial charge on any atom is -0.486 e. The summed E-state index contributed by atoms with van der Waals surface area (Å²) in [6, 6.07) is 5.83. The molecule has 1 heterocycles. The molecule has 1 atom stereocenters. The molecule has 4 nitrogen and oxygen atoms in total. The molecule has 16 heavy (non-hydrogen) atoms. The molecular formula is C12H18N2O2. The molecule has 2 rings (SSSR count). The Morgan fingerprint density at radius 1 is 1.25 bits per heavy atom. The Hall–Kier alpha value is -1.26. The van der Waals surface area contributed by atoms with E-state index in [0.29, 0.717) is 19.8 Å². The second-order valence-electron chi connectivity index (χ2n) is 3.91. The molecule has 1 aliphatic rings. The van der Waals surface area contributed by atoms with E-state index in [0.717, 1.165) is 29.9 Å². The molecule has 0 amide bonds. The molecule has 0 fully saturated rings. The van der Waals surface area contributed by atoms with Crippen molar-refractivity contribution in [2.24, 2.45) is 11.5 Å². The third-order valence-electron chi connectivity index (χ3n) is 2.72. The average molecular weight is 222 g/mol. The van der Waals surface area contributed by atoms with Crippen LogP contribution in [0.15, 0.2) is 18.2 Å². The zero-order valence-electron chi connectivity index (χ0n) is 9.32. The Morgan fingerprint density at radius 2 is 2.06 bits per heavy atom. The van der Waals surface area contributed by atoms with Crippen molar-refractivity contribution in [3.05, 3.63) is 23.8 Å². The molecule has 4 N–H and O–H groups in total. The number of para-hydroxylation sites is 1. The lowest BCUT2D eigenvalue weighted by Gasteiger charge is -2.23. The van der Waals surface area contributed by atoms with Crippen LogP contribution in [0.5, 0.6) is 11.5 Å². The maximum atomic E-state index is 6.11. The van der Waals surface area contributed by atoms with Gasteiger partial charge in [-0.15, -0.1) is 0 Å². The Bertz CT molecular complexity index is 355. The highest BCUT2D eigenvalue weighted by atomic mass is 16.6. The van der Waals surface area contributed by atoms with E-state index in [9.17, 15) is 0 Å². The van der Waals surface area contributed by atoms with Gasteiger partial charge in [0.2, 0.25) is 0 Å². The second kappa shape index (κ2) is 5.18. The van der Waals surface area contributed by atoms with Crippen molar-refractivity contribution in [3.8, 4) is 11.5 Å². The number of ether oxygens (including phenoxy) is 2. The smallest absolute Gasteiger partial charge is 0.166 e. The van der Waals surface area contributed by atoms with Gasteiger partial charge in [-0.2, -0.15) is 0 Å². The van der Waals surface area contributed by atoms with Crippen molar-refractivity contribution in [2.45, 2.75) is 18.9 Å². The molecule has 1 aliphatic heterocycles. The number of nitrogens with two attached hydrogens (primary N) is 2. The first-order chi connectivity index (χ1) is 7.83. The largest absolute Gasteiger partial charge is 0.486 e. The highest BCUT2D eigenvalue weighted by Crippen LogP contribution is 2.37. The van der Waals surface area contributed by atoms with Gasteiger partial charge in [-0.05, 0) is 25.5 Å². The van der Waals surface area contributed by atoms with Crippen LogP contribution in [0.3, 0.4) is 0 Å². The van der Waals surface area contributed by atoms with E-state index in [1.807, 2.05) is 18.2 Å². The summed E-state index contributed by atoms with van der Waals surface area (Å²) in [5.74, 6) is 1.60. The normalized spacial score (nSPS) is 15.9. The molecule has 0 unspecified atom stereocenters. The van der Waals surface area contributed by atoms with Gasteiger partial charge in [0.1, 0.15) is 13.2 Å². The molecule has 0 bridgehead atoms. The lowest BCUT2D eigenvalue weighted by Crippen LogP contribution is -2.20. The summed E-state index contributed by atoms with van der Waals surface area (Å²) in [6.07, 6.45) is 1.79. The SMILES string of the molecule is NCCC[C@H](N)c1cccc2c1OCCO2. The lowest BCUT2D eigenvalue weighted by atomic mass is 10.0. The predicted octanol–water partition coefficient (Wildman–Crippen LogP) is 1.20. The Kier molecular flexibility index (Phi) is 3.64. The van der Waals surface area contributed by atoms with Crippen molar-refractivity contribution >= 4 is 0 Å². The van der Waals surface area contributed by atoms with Gasteiger partial charge in [-0.25, -0.2) is 0 Å². The van der Waals surface area contributed by atoms with E-state index in [4.69, 9.17) is 20.9 Å². The maximum absolute atomic E-state index is 6.11. The van der Waals surface area contributed by atoms with Crippen LogP contribution in [0.25, 0.3) is 0 Å². The van der Waals surface area contributed by atoms with Crippen LogP contribution in [-0.2, 0) is 0 Å². The molecule has 0 aliphatic carbocycles. The van der Waals surface area contributed by atoms with Gasteiger partial charge in [-0.1, -0.05) is 12.1 Å². The van der Waals surface area contributed by atoms with Crippen LogP contribution in [0.4, 0.5) is 0 Å². The maximum Gasteiger partial charge on any atom is 0.166 e. The lowest BCUT2D eigenvalue weighted by molar-refractivity contribution is 0.169. The van der Waals surface area contributed by atoms with Gasteiger partial charge in [0.25, 0.3) is 0 Å². The standard InChI is InChI=1S/C12H18N2O2/c13-6-2-4-10(14)9-3-1-5-11-12(9)16-8-7-15-11/h1,3,5,10H,2,4,6-8,13-14H2/t10-/m0/s1. The van der Waals surface area contributed by atoms with E-state index in [1.165, 1.54) is 0 Å². The minimum absolute atomic E-state index is 0.0276. The number of fused-ring (bicyclic) bond motifs is 1. The molecule has 0 radical (unpaired) electrons. The highest BCUT2D eigenvalue weighted by molar-refractivity contribution is 5.48. The Labute approximate surface area is 95.5 Å². The molecule has 1 aromatic carbocycles. The first-order valence-corrected chi connectivity index (χ1v) is 5.67. The molecule has 1 aromatic rings. The summed E-state index contributed by atoms with van der Waals surface area (Å²) in [4.78, 5) is 0. The monoisotopic (exact) mass is 222 g/mol. The molecule has 88 valence electrons. The van der Waals surface area contributed by atoms with Crippen LogP contribution in [-0.4, -0.2) is 19.8 Å². The predicted molar refractivity (Wildman–Crippen MR) is 62.6 cm³/mol. The summed E-state index contributed by atoms with van der Waals surface area (Å²) in [7, 11) is 0. The zero-order chi connectivity index (χ0) is 11.4. The van der Waals surface area contributed by atoms with Gasteiger partial charge < -0.3 is 20.9 Å². The van der Waals surface area contributed by atoms with E-state index in [-0.39, 0.29) is 6.04 Å². The number of hydrogen-bond donors (Lipinski definition) is 2. The molecule has 4 heteroatoms. The van der Waals surface area contributed by atoms with Crippen molar-refractivity contribution in [3.63, 3.8) is 0 Å². The summed E-state index contributed by atoms with van der Waals surface area (Å²) in [5.41, 5.74) is 12.6. The van der Waals surface area contributed by atoms with Crippen LogP contribution < -0.4 is 20.9 Å². The molecule has 0 spiro atoms. The quantitative estimate of drug-likeness (QED) is 0.803. The summed E-state index contributed by atoms with van der Waals surface area (Å²) >= 11 is 0. The highest BCUT2D eigenvalue weighted by Gasteiger charge is 2.19. The first kappa shape index (κ1) is 11.2. The van der Waals surface area contributed by atoms with E-state index in [2.05, 4.69) is 0 Å². The van der Waals surface area contributed by atoms with Gasteiger partial charge in [0.15, 0.2) is 11.5 Å². The van der Waals surface area contributed by atoms with Crippen molar-refractivity contribution < 1.29 is 9.47 Å². The third-order valence-corrected chi connectivity index (χ3v) is 2.72. The van der Waals surface area contributed by atoms with Crippen LogP contribution in [0.1, 0.15) is 24.4 Å². The van der Waals surface area contributed by atoms with Gasteiger partial charge in [0, 0.05) is 11.6 Å². The number of benzene rings is 1. The number of hydrogen-bond acceptors (Lipinski definition) is 4. The summed E-state index contributed by atoms with van der Waals surface area (Å²) in [5, 5.41) is 0. The molecule has 0 saturated heterocycles. The summed E-state index contributed by atoms with van der Waals surface area (Å²) in [6.45, 7) is 1.86. The van der Waals surface area contributed by atoms with Gasteiger partial charge in [0.05, 0.1) is 0 Å². The Morgan fingerprint density at radius 3 is 2.88 bits per heavy atom. The first-order valence-electron chi connectivity index (χ1n) is 5.67. The van der Waals surface area contributed by atoms with Gasteiger partial charge in [-0.3, -0.25) is 0 Å². The minimum atomic E-state index is -0.0276. The molecule has 0 saturated carbocycles. The van der Waals surface area contributed by atoms with E-state index in [1.54, 1.807) is 0 Å². The molecule has 0 aromatic heterocycles. The van der Waals surface area contributed by atoms with Crippen LogP contribution in [0.2, 0.25) is 0 Å². The van der Waals surface area contributed by atoms with Crippen molar-refractivity contribution in [1.29, 1.82) is 0 Å². The van der Waals surface area contributed by atoms with Crippen molar-refractivity contribution in [1.82, 2.24) is 0 Å². The third kappa shape index (κ3) is 2.28. The average Bonchev–Trinajstić information content (AvgIpc) is 2.35. The fraction of sp³-hybridized carbons (Fsp3) is 0.500. The fourth-order valence-electron chi connectivity index (χ4n) is 1.88. The van der Waals surface area contributed by atoms with Crippen LogP contribution in [0, 0.1) is 0 Å². The fourth-order valence-corrected chi connectivity index (χ4v) is 1.88. The number of rotatable bonds is 4. The van der Waals surface area contributed by atoms with Crippen molar-refractivity contribution in [2.75, 3.05) is 19.8 Å². The zero-order valence-corrected chi connectivity index (χ0v) is 9.32. The second-order valence-corrected chi connectivity index (χ2v) is 3.91. The molecular weight excluding hydrogens is 204 g/mol. The summed E-state index contributed by atoms with van der Waals surface area (Å²) < 4.78 is 11.1. The van der Waals surface area contributed by atoms with Crippen LogP contribution >= 0.6 is 0 Å². The topological polar surface area (TPSA) is 70.5 Å². The van der Waals surface area contributed by atoms with E-state index >= 15 is 0 Å².